The van der Waals surface area contributed by atoms with Crippen LogP contribution < -0.4 is 11.1 Å². The molecule has 1 unspecified atom stereocenters. The molecule has 1 aromatic heterocycles. The van der Waals surface area contributed by atoms with Crippen LogP contribution in [0.15, 0.2) is 60.8 Å². The van der Waals surface area contributed by atoms with Crippen molar-refractivity contribution in [3.05, 3.63) is 72.1 Å². The molecule has 7 nitrogen and oxygen atoms in total. The van der Waals surface area contributed by atoms with Gasteiger partial charge in [-0.2, -0.15) is 0 Å². The summed E-state index contributed by atoms with van der Waals surface area (Å²) in [5, 5.41) is 2.72. The third-order valence-electron chi connectivity index (χ3n) is 3.58. The smallest absolute Gasteiger partial charge is 0.278 e. The molecule has 0 bridgehead atoms. The Morgan fingerprint density at radius 1 is 1.12 bits per heavy atom. The number of hydrogen-bond donors (Lipinski definition) is 2. The fraction of sp³-hybridized carbons (Fsp3) is 0.0556. The van der Waals surface area contributed by atoms with Crippen LogP contribution >= 0.6 is 0 Å². The van der Waals surface area contributed by atoms with Gasteiger partial charge < -0.3 is 15.6 Å². The zero-order valence-electron chi connectivity index (χ0n) is 13.6. The van der Waals surface area contributed by atoms with Crippen molar-refractivity contribution >= 4 is 28.5 Å². The van der Waals surface area contributed by atoms with Gasteiger partial charge in [0.1, 0.15) is 0 Å². The van der Waals surface area contributed by atoms with Gasteiger partial charge in [-0.15, -0.1) is 0 Å². The Balaban J connectivity index is 1.85. The number of benzene rings is 2. The predicted octanol–water partition coefficient (Wildman–Crippen LogP) is 2.36. The van der Waals surface area contributed by atoms with Crippen molar-refractivity contribution in [2.45, 2.75) is 5.75 Å². The Labute approximate surface area is 152 Å². The molecule has 1 atom stereocenters. The average Bonchev–Trinajstić information content (AvgIpc) is 2.63. The molecule has 0 aliphatic carbocycles. The first-order chi connectivity index (χ1) is 12.5. The lowest BCUT2D eigenvalue weighted by molar-refractivity contribution is 0.102. The van der Waals surface area contributed by atoms with E-state index in [4.69, 9.17) is 5.73 Å². The van der Waals surface area contributed by atoms with Gasteiger partial charge in [0, 0.05) is 17.0 Å². The molecule has 0 aliphatic heterocycles. The van der Waals surface area contributed by atoms with Crippen molar-refractivity contribution < 1.29 is 13.6 Å². The Kier molecular flexibility index (Phi) is 5.35. The minimum absolute atomic E-state index is 0.0242. The Morgan fingerprint density at radius 3 is 2.46 bits per heavy atom. The number of carbonyl (C=O) groups is 1. The van der Waals surface area contributed by atoms with E-state index >= 15 is 0 Å². The summed E-state index contributed by atoms with van der Waals surface area (Å²) in [6.07, 6.45) is 1.47. The molecule has 1 amide bonds. The number of nitrogens with zero attached hydrogens (tertiary/aromatic N) is 2. The Morgan fingerprint density at radius 2 is 1.81 bits per heavy atom. The number of rotatable bonds is 5. The van der Waals surface area contributed by atoms with Crippen LogP contribution in [0.3, 0.4) is 0 Å². The van der Waals surface area contributed by atoms with Crippen molar-refractivity contribution in [2.24, 2.45) is 0 Å². The Hall–Kier alpha value is -3.10. The number of anilines is 2. The third-order valence-corrected chi connectivity index (χ3v) is 4.15. The van der Waals surface area contributed by atoms with Crippen LogP contribution in [-0.2, 0) is 16.8 Å². The van der Waals surface area contributed by atoms with E-state index in [1.54, 1.807) is 48.5 Å². The second-order valence-electron chi connectivity index (χ2n) is 5.45. The molecule has 0 aliphatic rings. The number of nitrogens with one attached hydrogen (secondary N) is 1. The quantitative estimate of drug-likeness (QED) is 0.668. The summed E-state index contributed by atoms with van der Waals surface area (Å²) in [6.45, 7) is 0. The van der Waals surface area contributed by atoms with E-state index in [1.807, 2.05) is 6.07 Å². The number of hydrogen-bond acceptors (Lipinski definition) is 6. The van der Waals surface area contributed by atoms with Crippen LogP contribution in [0.2, 0.25) is 0 Å². The van der Waals surface area contributed by atoms with Crippen molar-refractivity contribution in [3.63, 3.8) is 0 Å². The van der Waals surface area contributed by atoms with E-state index in [0.717, 1.165) is 0 Å². The van der Waals surface area contributed by atoms with Crippen molar-refractivity contribution in [2.75, 3.05) is 11.1 Å². The highest BCUT2D eigenvalue weighted by Crippen LogP contribution is 2.20. The molecule has 26 heavy (non-hydrogen) atoms. The maximum absolute atomic E-state index is 12.4. The number of para-hydroxylation sites is 1. The maximum atomic E-state index is 12.4. The number of nitrogen functional groups attached to an aromatic ring is 1. The largest absolute Gasteiger partial charge is 0.772 e. The average molecular weight is 367 g/mol. The molecule has 0 radical (unpaired) electrons. The fourth-order valence-corrected chi connectivity index (χ4v) is 2.79. The maximum Gasteiger partial charge on any atom is 0.278 e. The molecule has 2 aromatic carbocycles. The van der Waals surface area contributed by atoms with Gasteiger partial charge in [-0.25, -0.2) is 9.97 Å². The first kappa shape index (κ1) is 17.7. The van der Waals surface area contributed by atoms with E-state index in [-0.39, 0.29) is 17.3 Å². The first-order valence-electron chi connectivity index (χ1n) is 7.67. The van der Waals surface area contributed by atoms with Gasteiger partial charge in [-0.1, -0.05) is 53.5 Å². The number of nitrogens with two attached hydrogens (primary N) is 1. The van der Waals surface area contributed by atoms with Gasteiger partial charge in [-0.3, -0.25) is 9.00 Å². The van der Waals surface area contributed by atoms with Gasteiger partial charge in [0.25, 0.3) is 5.91 Å². The van der Waals surface area contributed by atoms with Gasteiger partial charge in [0.2, 0.25) is 0 Å². The van der Waals surface area contributed by atoms with E-state index in [1.165, 1.54) is 6.20 Å². The minimum Gasteiger partial charge on any atom is -0.772 e. The van der Waals surface area contributed by atoms with Crippen LogP contribution in [0, 0.1) is 0 Å². The van der Waals surface area contributed by atoms with Gasteiger partial charge in [0.05, 0.1) is 11.9 Å². The standard InChI is InChI=1S/C18H16N4O3S/c19-17-16(18(23)21-14-4-2-1-3-5-14)22-15(10-20-17)13-8-6-12(7-9-13)11-26(24)25/h1-10H,11H2,(H2,19,20)(H,21,23)(H,24,25)/p-1. The molecule has 3 rings (SSSR count). The summed E-state index contributed by atoms with van der Waals surface area (Å²) in [7, 11) is 0. The second-order valence-corrected chi connectivity index (χ2v) is 6.35. The molecule has 0 spiro atoms. The van der Waals surface area contributed by atoms with E-state index in [9.17, 15) is 13.6 Å². The van der Waals surface area contributed by atoms with Crippen LogP contribution in [-0.4, -0.2) is 24.6 Å². The molecule has 3 N–H and O–H groups in total. The summed E-state index contributed by atoms with van der Waals surface area (Å²) in [5.74, 6) is -0.486. The van der Waals surface area contributed by atoms with Crippen LogP contribution in [0.25, 0.3) is 11.3 Å². The number of aromatic nitrogens is 2. The van der Waals surface area contributed by atoms with Gasteiger partial charge >= 0.3 is 0 Å². The van der Waals surface area contributed by atoms with E-state index < -0.39 is 17.0 Å². The molecule has 0 fully saturated rings. The number of amides is 1. The molecule has 1 heterocycles. The van der Waals surface area contributed by atoms with Crippen molar-refractivity contribution in [1.29, 1.82) is 0 Å². The highest BCUT2D eigenvalue weighted by atomic mass is 32.2. The van der Waals surface area contributed by atoms with E-state index in [2.05, 4.69) is 15.3 Å². The lowest BCUT2D eigenvalue weighted by Gasteiger charge is -2.09. The molecular weight excluding hydrogens is 352 g/mol. The monoisotopic (exact) mass is 367 g/mol. The van der Waals surface area contributed by atoms with E-state index in [0.29, 0.717) is 22.5 Å². The molecule has 132 valence electrons. The Bertz CT molecular complexity index is 946. The summed E-state index contributed by atoms with van der Waals surface area (Å²) in [6, 6.07) is 15.8. The predicted molar refractivity (Wildman–Crippen MR) is 98.9 cm³/mol. The van der Waals surface area contributed by atoms with Crippen molar-refractivity contribution in [1.82, 2.24) is 9.97 Å². The van der Waals surface area contributed by atoms with Crippen LogP contribution in [0.1, 0.15) is 16.1 Å². The molecule has 0 saturated heterocycles. The lowest BCUT2D eigenvalue weighted by atomic mass is 10.1. The number of carbonyl (C=O) groups excluding carboxylic acids is 1. The zero-order valence-corrected chi connectivity index (χ0v) is 14.4. The summed E-state index contributed by atoms with van der Waals surface area (Å²) in [4.78, 5) is 20.8. The molecule has 3 aromatic rings. The fourth-order valence-electron chi connectivity index (χ4n) is 2.32. The first-order valence-corrected chi connectivity index (χ1v) is 8.91. The van der Waals surface area contributed by atoms with Crippen LogP contribution in [0.5, 0.6) is 0 Å². The van der Waals surface area contributed by atoms with Gasteiger partial charge in [-0.05, 0) is 17.7 Å². The topological polar surface area (TPSA) is 121 Å². The van der Waals surface area contributed by atoms with Crippen LogP contribution in [0.4, 0.5) is 11.5 Å². The highest BCUT2D eigenvalue weighted by Gasteiger charge is 2.15. The summed E-state index contributed by atoms with van der Waals surface area (Å²) < 4.78 is 21.5. The normalized spacial score (nSPS) is 11.7. The van der Waals surface area contributed by atoms with Gasteiger partial charge in [0.15, 0.2) is 11.5 Å². The minimum atomic E-state index is -2.15. The third kappa shape index (κ3) is 4.29. The molecule has 8 heteroatoms. The highest BCUT2D eigenvalue weighted by molar-refractivity contribution is 7.78. The summed E-state index contributed by atoms with van der Waals surface area (Å²) in [5.41, 5.74) is 8.27. The SMILES string of the molecule is Nc1ncc(-c2ccc(CS(=O)[O-])cc2)nc1C(=O)Nc1ccccc1. The molecule has 0 saturated carbocycles. The molecular formula is C18H15N4O3S-. The second kappa shape index (κ2) is 7.85. The lowest BCUT2D eigenvalue weighted by Crippen LogP contribution is -2.17. The van der Waals surface area contributed by atoms with Crippen molar-refractivity contribution in [3.8, 4) is 11.3 Å². The zero-order chi connectivity index (χ0) is 18.5. The summed E-state index contributed by atoms with van der Waals surface area (Å²) >= 11 is -2.15.